The summed E-state index contributed by atoms with van der Waals surface area (Å²) in [4.78, 5) is 12.7. The van der Waals surface area contributed by atoms with Gasteiger partial charge < -0.3 is 5.32 Å². The largest absolute Gasteiger partial charge is 0.326 e. The van der Waals surface area contributed by atoms with E-state index in [1.54, 1.807) is 0 Å². The fraction of sp³-hybridized carbons (Fsp3) is 0.381. The predicted octanol–water partition coefficient (Wildman–Crippen LogP) is 4.01. The Morgan fingerprint density at radius 3 is 2.57 bits per heavy atom. The van der Waals surface area contributed by atoms with Crippen molar-refractivity contribution in [3.05, 3.63) is 59.4 Å². The van der Waals surface area contributed by atoms with Gasteiger partial charge in [0.2, 0.25) is 15.9 Å². The van der Waals surface area contributed by atoms with E-state index in [1.165, 1.54) is 16.4 Å². The summed E-state index contributed by atoms with van der Waals surface area (Å²) < 4.78 is 40.6. The van der Waals surface area contributed by atoms with E-state index in [-0.39, 0.29) is 17.2 Å². The molecule has 0 aromatic heterocycles. The minimum Gasteiger partial charge on any atom is -0.326 e. The zero-order chi connectivity index (χ0) is 20.3. The number of hydrogen-bond donors (Lipinski definition) is 1. The molecule has 0 bridgehead atoms. The Labute approximate surface area is 165 Å². The molecule has 2 aromatic rings. The van der Waals surface area contributed by atoms with Crippen molar-refractivity contribution in [3.8, 4) is 0 Å². The van der Waals surface area contributed by atoms with Gasteiger partial charge in [-0.2, -0.15) is 4.31 Å². The van der Waals surface area contributed by atoms with Gasteiger partial charge in [-0.1, -0.05) is 18.6 Å². The lowest BCUT2D eigenvalue weighted by Gasteiger charge is -2.34. The number of nitrogens with zero attached hydrogens (tertiary/aromatic N) is 1. The van der Waals surface area contributed by atoms with Crippen LogP contribution in [-0.4, -0.2) is 31.2 Å². The molecule has 1 atom stereocenters. The number of piperidine rings is 1. The molecule has 1 amide bonds. The molecule has 0 radical (unpaired) electrons. The van der Waals surface area contributed by atoms with Crippen molar-refractivity contribution in [3.63, 3.8) is 0 Å². The molecule has 1 N–H and O–H groups in total. The van der Waals surface area contributed by atoms with Gasteiger partial charge in [0.05, 0.1) is 4.90 Å². The molecule has 5 nitrogen and oxygen atoms in total. The van der Waals surface area contributed by atoms with Crippen LogP contribution in [0.5, 0.6) is 0 Å². The van der Waals surface area contributed by atoms with Gasteiger partial charge in [0, 0.05) is 24.7 Å². The second-order valence-electron chi connectivity index (χ2n) is 7.22. The van der Waals surface area contributed by atoms with E-state index < -0.39 is 21.9 Å². The molecule has 1 heterocycles. The summed E-state index contributed by atoms with van der Waals surface area (Å²) in [6.45, 7) is 4.28. The summed E-state index contributed by atoms with van der Waals surface area (Å²) in [6.07, 6.45) is 2.33. The molecule has 3 rings (SSSR count). The summed E-state index contributed by atoms with van der Waals surface area (Å²) in [7, 11) is -3.77. The zero-order valence-electron chi connectivity index (χ0n) is 16.1. The molecule has 2 aromatic carbocycles. The molecule has 1 fully saturated rings. The van der Waals surface area contributed by atoms with Crippen molar-refractivity contribution in [1.29, 1.82) is 0 Å². The minimum absolute atomic E-state index is 0.0516. The number of nitrogens with one attached hydrogen (secondary N) is 1. The van der Waals surface area contributed by atoms with Crippen LogP contribution in [0.25, 0.3) is 0 Å². The van der Waals surface area contributed by atoms with E-state index in [0.717, 1.165) is 41.8 Å². The number of carbonyl (C=O) groups excluding carboxylic acids is 1. The number of benzene rings is 2. The van der Waals surface area contributed by atoms with E-state index >= 15 is 0 Å². The van der Waals surface area contributed by atoms with Gasteiger partial charge in [0.15, 0.2) is 0 Å². The van der Waals surface area contributed by atoms with Gasteiger partial charge in [-0.3, -0.25) is 4.79 Å². The van der Waals surface area contributed by atoms with Crippen molar-refractivity contribution in [1.82, 2.24) is 4.31 Å². The lowest BCUT2D eigenvalue weighted by atomic mass is 10.0. The van der Waals surface area contributed by atoms with Crippen LogP contribution in [-0.2, 0) is 14.8 Å². The van der Waals surface area contributed by atoms with Gasteiger partial charge in [-0.25, -0.2) is 12.8 Å². The minimum atomic E-state index is -3.77. The van der Waals surface area contributed by atoms with Crippen LogP contribution in [0.2, 0.25) is 0 Å². The summed E-state index contributed by atoms with van der Waals surface area (Å²) in [6, 6.07) is 10.1. The molecule has 7 heteroatoms. The van der Waals surface area contributed by atoms with E-state index in [2.05, 4.69) is 5.32 Å². The first-order valence-corrected chi connectivity index (χ1v) is 10.9. The fourth-order valence-electron chi connectivity index (χ4n) is 3.54. The van der Waals surface area contributed by atoms with E-state index in [1.807, 2.05) is 32.0 Å². The Hall–Kier alpha value is -2.25. The van der Waals surface area contributed by atoms with Crippen LogP contribution in [0, 0.1) is 19.7 Å². The highest BCUT2D eigenvalue weighted by molar-refractivity contribution is 7.89. The number of anilines is 1. The number of hydrogen-bond acceptors (Lipinski definition) is 3. The maximum atomic E-state index is 13.2. The second kappa shape index (κ2) is 8.41. The lowest BCUT2D eigenvalue weighted by Crippen LogP contribution is -2.45. The lowest BCUT2D eigenvalue weighted by molar-refractivity contribution is -0.117. The van der Waals surface area contributed by atoms with Gasteiger partial charge in [0.1, 0.15) is 5.82 Å². The van der Waals surface area contributed by atoms with Crippen molar-refractivity contribution in [2.45, 2.75) is 50.5 Å². The van der Waals surface area contributed by atoms with Crippen molar-refractivity contribution >= 4 is 21.6 Å². The Balaban J connectivity index is 1.77. The maximum Gasteiger partial charge on any atom is 0.243 e. The van der Waals surface area contributed by atoms with Crippen LogP contribution in [0.1, 0.15) is 36.8 Å². The standard InChI is InChI=1S/C21H25FN2O3S/c1-15-6-5-8-20(16(15)2)23-21(25)14-18-7-3-4-13-24(18)28(26,27)19-11-9-17(22)10-12-19/h5-6,8-12,18H,3-4,7,13-14H2,1-2H3,(H,23,25)/t18-/m1/s1. The van der Waals surface area contributed by atoms with Gasteiger partial charge in [-0.05, 0) is 68.1 Å². The number of halogens is 1. The molecule has 0 spiro atoms. The van der Waals surface area contributed by atoms with Gasteiger partial charge in [0.25, 0.3) is 0 Å². The number of amides is 1. The molecule has 150 valence electrons. The predicted molar refractivity (Wildman–Crippen MR) is 107 cm³/mol. The SMILES string of the molecule is Cc1cccc(NC(=O)C[C@H]2CCCCN2S(=O)(=O)c2ccc(F)cc2)c1C. The number of sulfonamides is 1. The monoisotopic (exact) mass is 404 g/mol. The Kier molecular flexibility index (Phi) is 6.15. The highest BCUT2D eigenvalue weighted by Gasteiger charge is 2.34. The van der Waals surface area contributed by atoms with Crippen molar-refractivity contribution in [2.24, 2.45) is 0 Å². The highest BCUT2D eigenvalue weighted by atomic mass is 32.2. The molecule has 1 aliphatic rings. The quantitative estimate of drug-likeness (QED) is 0.819. The summed E-state index contributed by atoms with van der Waals surface area (Å²) in [5.41, 5.74) is 2.82. The second-order valence-corrected chi connectivity index (χ2v) is 9.11. The average molecular weight is 405 g/mol. The van der Waals surface area contributed by atoms with Gasteiger partial charge in [-0.15, -0.1) is 0 Å². The first-order valence-electron chi connectivity index (χ1n) is 9.42. The van der Waals surface area contributed by atoms with E-state index in [9.17, 15) is 17.6 Å². The molecule has 1 saturated heterocycles. The third-order valence-electron chi connectivity index (χ3n) is 5.29. The molecular formula is C21H25FN2O3S. The van der Waals surface area contributed by atoms with E-state index in [0.29, 0.717) is 13.0 Å². The Morgan fingerprint density at radius 2 is 1.86 bits per heavy atom. The zero-order valence-corrected chi connectivity index (χ0v) is 16.9. The molecule has 0 unspecified atom stereocenters. The topological polar surface area (TPSA) is 66.5 Å². The normalized spacial score (nSPS) is 18.0. The first kappa shape index (κ1) is 20.5. The van der Waals surface area contributed by atoms with Gasteiger partial charge >= 0.3 is 0 Å². The number of carbonyl (C=O) groups is 1. The number of rotatable bonds is 5. The van der Waals surface area contributed by atoms with Crippen LogP contribution < -0.4 is 5.32 Å². The Morgan fingerprint density at radius 1 is 1.14 bits per heavy atom. The van der Waals surface area contributed by atoms with Crippen LogP contribution >= 0.6 is 0 Å². The van der Waals surface area contributed by atoms with Crippen LogP contribution in [0.15, 0.2) is 47.4 Å². The molecule has 28 heavy (non-hydrogen) atoms. The molecule has 1 aliphatic heterocycles. The molecule has 0 aliphatic carbocycles. The summed E-state index contributed by atoms with van der Waals surface area (Å²) in [5, 5.41) is 2.91. The Bertz CT molecular complexity index is 958. The van der Waals surface area contributed by atoms with Crippen molar-refractivity contribution < 1.29 is 17.6 Å². The third-order valence-corrected chi connectivity index (χ3v) is 7.26. The van der Waals surface area contributed by atoms with Crippen molar-refractivity contribution in [2.75, 3.05) is 11.9 Å². The fourth-order valence-corrected chi connectivity index (χ4v) is 5.23. The first-order chi connectivity index (χ1) is 13.3. The molecular weight excluding hydrogens is 379 g/mol. The third kappa shape index (κ3) is 4.42. The van der Waals surface area contributed by atoms with Crippen LogP contribution in [0.4, 0.5) is 10.1 Å². The molecule has 0 saturated carbocycles. The average Bonchev–Trinajstić information content (AvgIpc) is 2.66. The highest BCUT2D eigenvalue weighted by Crippen LogP contribution is 2.28. The van der Waals surface area contributed by atoms with Crippen LogP contribution in [0.3, 0.4) is 0 Å². The summed E-state index contributed by atoms with van der Waals surface area (Å²) in [5.74, 6) is -0.693. The smallest absolute Gasteiger partial charge is 0.243 e. The summed E-state index contributed by atoms with van der Waals surface area (Å²) >= 11 is 0. The van der Waals surface area contributed by atoms with E-state index in [4.69, 9.17) is 0 Å². The number of aryl methyl sites for hydroxylation is 1. The maximum absolute atomic E-state index is 13.2.